The lowest BCUT2D eigenvalue weighted by atomic mass is 10.0. The van der Waals surface area contributed by atoms with E-state index >= 15 is 0 Å². The Morgan fingerprint density at radius 2 is 2.22 bits per heavy atom. The Labute approximate surface area is 106 Å². The van der Waals surface area contributed by atoms with Gasteiger partial charge in [0.15, 0.2) is 0 Å². The number of hydrogen-bond donors (Lipinski definition) is 0. The highest BCUT2D eigenvalue weighted by molar-refractivity contribution is 7.74. The standard InChI is InChI=1S/C13H11FO3S/c14-12-5-4-8-2-1-3-10-9(7-17-18(15)16)6-11(12)13(8)10/h1-5,9H,6-7H2,(H,15,16)/p-1. The summed E-state index contributed by atoms with van der Waals surface area (Å²) in [5.74, 6) is -0.334. The smallest absolute Gasteiger partial charge is 0.127 e. The van der Waals surface area contributed by atoms with Crippen molar-refractivity contribution in [1.29, 1.82) is 0 Å². The van der Waals surface area contributed by atoms with Gasteiger partial charge < -0.3 is 8.74 Å². The topological polar surface area (TPSA) is 49.4 Å². The third kappa shape index (κ3) is 1.84. The molecule has 2 atom stereocenters. The Kier molecular flexibility index (Phi) is 2.89. The molecule has 0 N–H and O–H groups in total. The maximum atomic E-state index is 13.8. The number of benzene rings is 2. The molecule has 1 aliphatic carbocycles. The first-order valence-electron chi connectivity index (χ1n) is 5.59. The summed E-state index contributed by atoms with van der Waals surface area (Å²) in [7, 11) is 0. The van der Waals surface area contributed by atoms with E-state index < -0.39 is 11.4 Å². The van der Waals surface area contributed by atoms with Crippen molar-refractivity contribution in [3.05, 3.63) is 47.3 Å². The minimum atomic E-state index is -2.53. The molecule has 0 bridgehead atoms. The van der Waals surface area contributed by atoms with Gasteiger partial charge in [-0.15, -0.1) is 0 Å². The minimum Gasteiger partial charge on any atom is -0.750 e. The molecule has 5 heteroatoms. The number of halogens is 1. The van der Waals surface area contributed by atoms with Gasteiger partial charge >= 0.3 is 0 Å². The van der Waals surface area contributed by atoms with E-state index in [1.165, 1.54) is 6.07 Å². The normalized spacial score (nSPS) is 19.3. The van der Waals surface area contributed by atoms with Crippen molar-refractivity contribution < 1.29 is 17.3 Å². The molecule has 0 saturated heterocycles. The van der Waals surface area contributed by atoms with Gasteiger partial charge in [-0.05, 0) is 34.4 Å². The van der Waals surface area contributed by atoms with Gasteiger partial charge in [0.2, 0.25) is 0 Å². The molecule has 0 fully saturated rings. The molecule has 0 amide bonds. The first-order chi connectivity index (χ1) is 8.66. The van der Waals surface area contributed by atoms with Gasteiger partial charge in [-0.1, -0.05) is 24.3 Å². The van der Waals surface area contributed by atoms with Crippen molar-refractivity contribution in [3.8, 4) is 0 Å². The molecule has 0 radical (unpaired) electrons. The van der Waals surface area contributed by atoms with E-state index in [-0.39, 0.29) is 18.3 Å². The first-order valence-corrected chi connectivity index (χ1v) is 6.59. The SMILES string of the molecule is O=S([O-])OCC1Cc2c(F)ccc3cccc1c23. The van der Waals surface area contributed by atoms with Gasteiger partial charge in [-0.25, -0.2) is 8.60 Å². The van der Waals surface area contributed by atoms with Gasteiger partial charge in [0, 0.05) is 5.92 Å². The van der Waals surface area contributed by atoms with Crippen LogP contribution in [0.1, 0.15) is 17.0 Å². The fourth-order valence-corrected chi connectivity index (χ4v) is 2.92. The molecule has 0 aliphatic heterocycles. The molecule has 2 aromatic carbocycles. The fraction of sp³-hybridized carbons (Fsp3) is 0.231. The summed E-state index contributed by atoms with van der Waals surface area (Å²) < 4.78 is 39.3. The van der Waals surface area contributed by atoms with E-state index in [1.807, 2.05) is 18.2 Å². The van der Waals surface area contributed by atoms with Crippen LogP contribution in [-0.4, -0.2) is 15.4 Å². The maximum absolute atomic E-state index is 13.8. The van der Waals surface area contributed by atoms with Crippen molar-refractivity contribution >= 4 is 22.1 Å². The van der Waals surface area contributed by atoms with Crippen molar-refractivity contribution in [3.63, 3.8) is 0 Å². The van der Waals surface area contributed by atoms with Crippen LogP contribution in [0.5, 0.6) is 0 Å². The molecule has 3 nitrogen and oxygen atoms in total. The Hall–Kier alpha value is -1.30. The average molecular weight is 265 g/mol. The molecule has 2 aromatic rings. The second kappa shape index (κ2) is 4.42. The van der Waals surface area contributed by atoms with Crippen LogP contribution in [0.15, 0.2) is 30.3 Å². The summed E-state index contributed by atoms with van der Waals surface area (Å²) in [6.07, 6.45) is 0.486. The van der Waals surface area contributed by atoms with E-state index in [0.717, 1.165) is 16.3 Å². The van der Waals surface area contributed by atoms with E-state index in [4.69, 9.17) is 0 Å². The highest BCUT2D eigenvalue weighted by atomic mass is 32.2. The van der Waals surface area contributed by atoms with Crippen LogP contribution in [-0.2, 0) is 22.0 Å². The van der Waals surface area contributed by atoms with Crippen molar-refractivity contribution in [2.75, 3.05) is 6.61 Å². The fourth-order valence-electron chi connectivity index (χ4n) is 2.64. The molecule has 94 valence electrons. The third-order valence-corrected chi connectivity index (χ3v) is 3.71. The van der Waals surface area contributed by atoms with Crippen molar-refractivity contribution in [1.82, 2.24) is 0 Å². The molecule has 18 heavy (non-hydrogen) atoms. The number of rotatable bonds is 3. The summed E-state index contributed by atoms with van der Waals surface area (Å²) in [6, 6.07) is 8.92. The van der Waals surface area contributed by atoms with Crippen LogP contribution in [0, 0.1) is 5.82 Å². The number of hydrogen-bond acceptors (Lipinski definition) is 3. The Morgan fingerprint density at radius 3 is 3.00 bits per heavy atom. The predicted molar refractivity (Wildman–Crippen MR) is 65.2 cm³/mol. The lowest BCUT2D eigenvalue weighted by molar-refractivity contribution is 0.278. The summed E-state index contributed by atoms with van der Waals surface area (Å²) >= 11 is -2.53. The average Bonchev–Trinajstić information content (AvgIpc) is 2.73. The van der Waals surface area contributed by atoms with E-state index in [9.17, 15) is 13.2 Å². The molecule has 0 aromatic heterocycles. The Bertz CT molecular complexity index is 641. The van der Waals surface area contributed by atoms with Crippen LogP contribution in [0.2, 0.25) is 0 Å². The third-order valence-electron chi connectivity index (χ3n) is 3.38. The molecular weight excluding hydrogens is 255 g/mol. The Morgan fingerprint density at radius 1 is 1.39 bits per heavy atom. The lowest BCUT2D eigenvalue weighted by Gasteiger charge is -2.12. The zero-order chi connectivity index (χ0) is 12.7. The molecule has 0 saturated carbocycles. The van der Waals surface area contributed by atoms with Gasteiger partial charge in [-0.2, -0.15) is 0 Å². The van der Waals surface area contributed by atoms with Gasteiger partial charge in [0.05, 0.1) is 18.0 Å². The largest absolute Gasteiger partial charge is 0.750 e. The molecular formula is C13H10FO3S-. The van der Waals surface area contributed by atoms with Crippen LogP contribution in [0.25, 0.3) is 10.8 Å². The molecule has 0 spiro atoms. The van der Waals surface area contributed by atoms with Crippen molar-refractivity contribution in [2.45, 2.75) is 12.3 Å². The lowest BCUT2D eigenvalue weighted by Crippen LogP contribution is -2.08. The van der Waals surface area contributed by atoms with Crippen molar-refractivity contribution in [2.24, 2.45) is 0 Å². The van der Waals surface area contributed by atoms with Gasteiger partial charge in [0.1, 0.15) is 5.82 Å². The Balaban J connectivity index is 2.06. The summed E-state index contributed by atoms with van der Waals surface area (Å²) in [6.45, 7) is 0.0589. The zero-order valence-corrected chi connectivity index (χ0v) is 10.2. The summed E-state index contributed by atoms with van der Waals surface area (Å²) in [5, 5.41) is 1.89. The summed E-state index contributed by atoms with van der Waals surface area (Å²) in [5.41, 5.74) is 1.63. The zero-order valence-electron chi connectivity index (χ0n) is 9.39. The molecule has 2 unspecified atom stereocenters. The highest BCUT2D eigenvalue weighted by Gasteiger charge is 2.26. The van der Waals surface area contributed by atoms with Crippen LogP contribution >= 0.6 is 0 Å². The van der Waals surface area contributed by atoms with E-state index in [2.05, 4.69) is 4.18 Å². The molecule has 3 rings (SSSR count). The second-order valence-electron chi connectivity index (χ2n) is 4.36. The van der Waals surface area contributed by atoms with Gasteiger partial charge in [0.25, 0.3) is 0 Å². The van der Waals surface area contributed by atoms with E-state index in [0.29, 0.717) is 12.0 Å². The monoisotopic (exact) mass is 265 g/mol. The van der Waals surface area contributed by atoms with Crippen LogP contribution < -0.4 is 0 Å². The minimum absolute atomic E-state index is 0.0589. The highest BCUT2D eigenvalue weighted by Crippen LogP contribution is 2.39. The molecule has 1 aliphatic rings. The molecule has 0 heterocycles. The van der Waals surface area contributed by atoms with Gasteiger partial charge in [-0.3, -0.25) is 0 Å². The second-order valence-corrected chi connectivity index (χ2v) is 5.00. The van der Waals surface area contributed by atoms with E-state index in [1.54, 1.807) is 6.07 Å². The summed E-state index contributed by atoms with van der Waals surface area (Å²) in [4.78, 5) is 0. The maximum Gasteiger partial charge on any atom is 0.127 e. The first kappa shape index (κ1) is 11.8. The quantitative estimate of drug-likeness (QED) is 0.801. The van der Waals surface area contributed by atoms with Crippen LogP contribution in [0.4, 0.5) is 4.39 Å². The predicted octanol–water partition coefficient (Wildman–Crippen LogP) is 2.43. The van der Waals surface area contributed by atoms with Crippen LogP contribution in [0.3, 0.4) is 0 Å².